The molecule has 0 bridgehead atoms. The zero-order valence-corrected chi connectivity index (χ0v) is 44.3. The van der Waals surface area contributed by atoms with E-state index < -0.39 is 54.0 Å². The number of aryl methyl sites for hydroxylation is 3. The molecule has 1 aliphatic carbocycles. The number of aromatic nitrogens is 5. The first-order chi connectivity index (χ1) is 34.8. The second-order valence-corrected chi connectivity index (χ2v) is 22.6. The average Bonchev–Trinajstić information content (AvgIpc) is 4.11. The Bertz CT molecular complexity index is 3070. The van der Waals surface area contributed by atoms with Gasteiger partial charge in [0.05, 0.1) is 40.4 Å². The minimum Gasteiger partial charge on any atom is -0.484 e. The average molecular weight is 1050 g/mol. The van der Waals surface area contributed by atoms with Gasteiger partial charge >= 0.3 is 0 Å². The number of halogens is 1. The van der Waals surface area contributed by atoms with Crippen molar-refractivity contribution in [1.29, 1.82) is 0 Å². The van der Waals surface area contributed by atoms with Crippen LogP contribution in [0.5, 0.6) is 11.6 Å². The summed E-state index contributed by atoms with van der Waals surface area (Å²) in [6, 6.07) is 15.6. The molecule has 1 saturated heterocycles. The summed E-state index contributed by atoms with van der Waals surface area (Å²) >= 11 is 9.49. The van der Waals surface area contributed by atoms with Gasteiger partial charge in [0, 0.05) is 65.1 Å². The van der Waals surface area contributed by atoms with E-state index in [1.165, 1.54) is 11.1 Å². The standard InChI is InChI=1S/C53H59ClN10O7S2/c1-27-30(4)73-52-45(27)46(33-13-15-35(54)16-14-33)59-40(49-62-61-31(5)64(49)52)23-42(66)58-36-19-39(20-36)71-44-22-38(17-18-55-44)70-25-43(67)60-48(53(6,7)8)51(69)63-24-37(65)21-41(63)50(68)57-28(2)32-9-11-34(12-10-32)47-29(3)56-26-72-47/h9-18,22,26,28,36-37,39-41,48,65H,19-21,23-25H2,1-8H3,(H,57,68)(H,58,66)(H,60,67)/t28-,36-,37+,39+,40-,41-,48+/m0/s1. The van der Waals surface area contributed by atoms with Crippen molar-refractivity contribution in [2.45, 2.75) is 123 Å². The second kappa shape index (κ2) is 21.1. The zero-order valence-electron chi connectivity index (χ0n) is 41.9. The Morgan fingerprint density at radius 2 is 1.64 bits per heavy atom. The van der Waals surface area contributed by atoms with Gasteiger partial charge in [-0.25, -0.2) is 9.97 Å². The van der Waals surface area contributed by atoms with E-state index in [0.717, 1.165) is 54.0 Å². The van der Waals surface area contributed by atoms with Gasteiger partial charge in [0.1, 0.15) is 40.8 Å². The molecule has 0 spiro atoms. The molecule has 17 nitrogen and oxygen atoms in total. The minimum atomic E-state index is -1.04. The second-order valence-electron chi connectivity index (χ2n) is 20.1. The number of β-amino-alcohol motifs (C(OH)–C–C–N with tert-alkyl or cyclic N) is 1. The number of aliphatic hydroxyl groups is 1. The molecule has 6 heterocycles. The van der Waals surface area contributed by atoms with Crippen LogP contribution >= 0.6 is 34.3 Å². The Morgan fingerprint density at radius 3 is 2.34 bits per heavy atom. The highest BCUT2D eigenvalue weighted by Gasteiger charge is 2.45. The van der Waals surface area contributed by atoms with Crippen LogP contribution in [-0.2, 0) is 19.2 Å². The lowest BCUT2D eigenvalue weighted by molar-refractivity contribution is -0.144. The molecule has 20 heteroatoms. The van der Waals surface area contributed by atoms with Crippen LogP contribution in [0.2, 0.25) is 5.02 Å². The fourth-order valence-electron chi connectivity index (χ4n) is 9.46. The third-order valence-corrected chi connectivity index (χ3v) is 16.0. The SMILES string of the molecule is Cc1ncsc1-c1ccc([C@H](C)NC(=O)[C@@H]2C[C@@H](O)CN2C(=O)[C@@H](NC(=O)COc2ccnc(O[C@H]3C[C@@H](NC(=O)C[C@@H]4N=C(c5ccc(Cl)cc5)c5c(sc(C)c5C)-n5c(C)nnc54)C3)c2)C(C)(C)C)cc1. The van der Waals surface area contributed by atoms with Crippen molar-refractivity contribution in [1.82, 2.24) is 45.6 Å². The third-order valence-electron chi connectivity index (χ3n) is 13.6. The molecule has 0 radical (unpaired) electrons. The van der Waals surface area contributed by atoms with Crippen molar-refractivity contribution in [2.24, 2.45) is 10.4 Å². The molecule has 73 heavy (non-hydrogen) atoms. The van der Waals surface area contributed by atoms with Crippen molar-refractivity contribution in [2.75, 3.05) is 13.2 Å². The number of nitrogens with zero attached hydrogens (tertiary/aromatic N) is 7. The molecular weight excluding hydrogens is 988 g/mol. The number of nitrogens with one attached hydrogen (secondary N) is 3. The molecular formula is C53H59ClN10O7S2. The van der Waals surface area contributed by atoms with E-state index >= 15 is 0 Å². The number of ether oxygens (including phenoxy) is 2. The molecule has 6 aromatic rings. The minimum absolute atomic E-state index is 0.0514. The van der Waals surface area contributed by atoms with E-state index in [1.807, 2.05) is 100 Å². The van der Waals surface area contributed by atoms with Crippen LogP contribution in [0, 0.1) is 33.1 Å². The summed E-state index contributed by atoms with van der Waals surface area (Å²) in [6.45, 7) is 14.9. The van der Waals surface area contributed by atoms with E-state index in [0.29, 0.717) is 41.1 Å². The maximum atomic E-state index is 14.2. The lowest BCUT2D eigenvalue weighted by Gasteiger charge is -2.35. The highest BCUT2D eigenvalue weighted by Crippen LogP contribution is 2.40. The Hall–Kier alpha value is -6.54. The van der Waals surface area contributed by atoms with Crippen LogP contribution in [0.4, 0.5) is 0 Å². The summed E-state index contributed by atoms with van der Waals surface area (Å²) in [5.74, 6) is 0.341. The summed E-state index contributed by atoms with van der Waals surface area (Å²) in [6.07, 6.45) is 1.61. The van der Waals surface area contributed by atoms with E-state index in [4.69, 9.17) is 26.1 Å². The van der Waals surface area contributed by atoms with Gasteiger partial charge < -0.3 is 35.4 Å². The summed E-state index contributed by atoms with van der Waals surface area (Å²) in [5.41, 5.74) is 7.70. The molecule has 4 N–H and O–H groups in total. The maximum absolute atomic E-state index is 14.2. The number of aliphatic hydroxyl groups excluding tert-OH is 1. The first kappa shape index (κ1) is 51.4. The van der Waals surface area contributed by atoms with Crippen molar-refractivity contribution in [3.63, 3.8) is 0 Å². The zero-order chi connectivity index (χ0) is 51.9. The van der Waals surface area contributed by atoms with Crippen molar-refractivity contribution in [3.05, 3.63) is 122 Å². The molecule has 2 fully saturated rings. The number of pyridine rings is 1. The number of thiophene rings is 1. The lowest BCUT2D eigenvalue weighted by Crippen LogP contribution is -2.58. The van der Waals surface area contributed by atoms with Crippen LogP contribution in [-0.4, -0.2) is 108 Å². The molecule has 0 unspecified atom stereocenters. The number of thiazole rings is 1. The van der Waals surface area contributed by atoms with Gasteiger partial charge in [0.15, 0.2) is 12.4 Å². The fraction of sp³-hybridized carbons (Fsp3) is 0.415. The van der Waals surface area contributed by atoms with E-state index in [2.05, 4.69) is 50.0 Å². The number of likely N-dealkylation sites (tertiary alicyclic amines) is 1. The molecule has 1 saturated carbocycles. The number of rotatable bonds is 15. The molecule has 2 aliphatic heterocycles. The topological polar surface area (TPSA) is 215 Å². The van der Waals surface area contributed by atoms with Gasteiger partial charge in [-0.1, -0.05) is 68.8 Å². The Kier molecular flexibility index (Phi) is 14.9. The Labute approximate surface area is 436 Å². The largest absolute Gasteiger partial charge is 0.484 e. The fourth-order valence-corrected chi connectivity index (χ4v) is 11.6. The number of aliphatic imine (C=N–C) groups is 1. The predicted octanol–water partition coefficient (Wildman–Crippen LogP) is 7.49. The van der Waals surface area contributed by atoms with Crippen LogP contribution < -0.4 is 25.4 Å². The summed E-state index contributed by atoms with van der Waals surface area (Å²) in [7, 11) is 0. The summed E-state index contributed by atoms with van der Waals surface area (Å²) < 4.78 is 14.0. The molecule has 382 valence electrons. The van der Waals surface area contributed by atoms with Crippen LogP contribution in [0.3, 0.4) is 0 Å². The van der Waals surface area contributed by atoms with Gasteiger partial charge in [-0.2, -0.15) is 0 Å². The van der Waals surface area contributed by atoms with E-state index in [1.54, 1.807) is 34.8 Å². The normalized spacial score (nSPS) is 20.1. The van der Waals surface area contributed by atoms with Crippen LogP contribution in [0.1, 0.15) is 110 Å². The van der Waals surface area contributed by atoms with E-state index in [-0.39, 0.29) is 43.5 Å². The Morgan fingerprint density at radius 1 is 0.918 bits per heavy atom. The molecule has 9 rings (SSSR count). The quantitative estimate of drug-likeness (QED) is 0.0791. The summed E-state index contributed by atoms with van der Waals surface area (Å²) in [4.78, 5) is 72.6. The maximum Gasteiger partial charge on any atom is 0.258 e. The number of hydrogen-bond donors (Lipinski definition) is 4. The molecule has 5 atom stereocenters. The number of carbonyl (C=O) groups excluding carboxylic acids is 4. The van der Waals surface area contributed by atoms with E-state index in [9.17, 15) is 24.3 Å². The molecule has 2 aromatic carbocycles. The first-order valence-corrected chi connectivity index (χ1v) is 26.4. The number of carbonyl (C=O) groups is 4. The van der Waals surface area contributed by atoms with Gasteiger partial charge in [-0.05, 0) is 74.9 Å². The van der Waals surface area contributed by atoms with Gasteiger partial charge in [0.25, 0.3) is 5.91 Å². The smallest absolute Gasteiger partial charge is 0.258 e. The highest BCUT2D eigenvalue weighted by molar-refractivity contribution is 7.15. The first-order valence-electron chi connectivity index (χ1n) is 24.3. The van der Waals surface area contributed by atoms with Gasteiger partial charge in [0.2, 0.25) is 23.6 Å². The third kappa shape index (κ3) is 11.2. The van der Waals surface area contributed by atoms with Crippen molar-refractivity contribution >= 4 is 63.6 Å². The lowest BCUT2D eigenvalue weighted by atomic mass is 9.85. The van der Waals surface area contributed by atoms with Crippen LogP contribution in [0.15, 0.2) is 77.4 Å². The number of hydrogen-bond acceptors (Lipinski definition) is 14. The van der Waals surface area contributed by atoms with Gasteiger partial charge in [-0.3, -0.25) is 28.7 Å². The van der Waals surface area contributed by atoms with Crippen molar-refractivity contribution < 1.29 is 33.8 Å². The number of fused-ring (bicyclic) bond motifs is 3. The van der Waals surface area contributed by atoms with Crippen LogP contribution in [0.25, 0.3) is 15.4 Å². The van der Waals surface area contributed by atoms with Crippen molar-refractivity contribution in [3.8, 4) is 27.1 Å². The molecule has 4 aromatic heterocycles. The number of benzene rings is 2. The van der Waals surface area contributed by atoms with Gasteiger partial charge in [-0.15, -0.1) is 32.9 Å². The molecule has 4 amide bonds. The Balaban J connectivity index is 0.767. The number of amides is 4. The summed E-state index contributed by atoms with van der Waals surface area (Å²) in [5, 5.41) is 30.2. The monoisotopic (exact) mass is 1050 g/mol. The predicted molar refractivity (Wildman–Crippen MR) is 280 cm³/mol. The molecule has 3 aliphatic rings. The highest BCUT2D eigenvalue weighted by atomic mass is 35.5.